The molecule has 1 aliphatic rings. The van der Waals surface area contributed by atoms with Gasteiger partial charge in [0.25, 0.3) is 0 Å². The number of furan rings is 1. The third-order valence-electron chi connectivity index (χ3n) is 4.45. The first-order valence-electron chi connectivity index (χ1n) is 8.08. The molecule has 2 unspecified atom stereocenters. The first-order chi connectivity index (χ1) is 12.6. The highest BCUT2D eigenvalue weighted by molar-refractivity contribution is 8.02. The summed E-state index contributed by atoms with van der Waals surface area (Å²) < 4.78 is 5.62. The number of hydrogen-bond acceptors (Lipinski definition) is 4. The molecule has 132 valence electrons. The van der Waals surface area contributed by atoms with Crippen LogP contribution >= 0.6 is 35.0 Å². The van der Waals surface area contributed by atoms with Crippen molar-refractivity contribution in [2.24, 2.45) is 5.92 Å². The van der Waals surface area contributed by atoms with Gasteiger partial charge in [-0.2, -0.15) is 0 Å². The Bertz CT molecular complexity index is 924. The first kappa shape index (κ1) is 17.7. The number of benzene rings is 1. The molecule has 0 spiro atoms. The molecule has 3 atom stereocenters. The van der Waals surface area contributed by atoms with Crippen molar-refractivity contribution in [2.75, 3.05) is 0 Å². The molecule has 1 aliphatic heterocycles. The highest BCUT2D eigenvalue weighted by Crippen LogP contribution is 2.55. The van der Waals surface area contributed by atoms with Crippen LogP contribution in [0.4, 0.5) is 0 Å². The van der Waals surface area contributed by atoms with Crippen LogP contribution in [0.5, 0.6) is 0 Å². The van der Waals surface area contributed by atoms with Crippen LogP contribution in [0.1, 0.15) is 28.2 Å². The van der Waals surface area contributed by atoms with Crippen molar-refractivity contribution in [3.8, 4) is 0 Å². The van der Waals surface area contributed by atoms with E-state index in [2.05, 4.69) is 4.98 Å². The van der Waals surface area contributed by atoms with Crippen LogP contribution in [0.3, 0.4) is 0 Å². The topological polar surface area (TPSA) is 46.3 Å². The fraction of sp³-hybridized carbons (Fsp3) is 0.150. The molecule has 1 aromatic carbocycles. The van der Waals surface area contributed by atoms with Gasteiger partial charge in [-0.25, -0.2) is 0 Å². The molecule has 3 nitrogen and oxygen atoms in total. The van der Waals surface area contributed by atoms with E-state index in [9.17, 15) is 5.11 Å². The Morgan fingerprint density at radius 2 is 1.88 bits per heavy atom. The van der Waals surface area contributed by atoms with Crippen LogP contribution in [0.15, 0.2) is 70.7 Å². The van der Waals surface area contributed by atoms with E-state index >= 15 is 0 Å². The van der Waals surface area contributed by atoms with E-state index in [1.54, 1.807) is 30.2 Å². The van der Waals surface area contributed by atoms with Crippen molar-refractivity contribution >= 4 is 40.5 Å². The van der Waals surface area contributed by atoms with Gasteiger partial charge in [0.2, 0.25) is 0 Å². The predicted molar refractivity (Wildman–Crippen MR) is 106 cm³/mol. The molecule has 0 saturated heterocycles. The molecule has 0 fully saturated rings. The molecule has 0 aliphatic carbocycles. The molecule has 2 aromatic heterocycles. The summed E-state index contributed by atoms with van der Waals surface area (Å²) in [6.45, 7) is 0. The van der Waals surface area contributed by atoms with Gasteiger partial charge in [-0.1, -0.05) is 29.8 Å². The summed E-state index contributed by atoms with van der Waals surface area (Å²) in [5.41, 5.74) is 2.79. The lowest BCUT2D eigenvalue weighted by molar-refractivity contribution is 0.134. The van der Waals surface area contributed by atoms with Crippen LogP contribution in [0.2, 0.25) is 10.2 Å². The van der Waals surface area contributed by atoms with Gasteiger partial charge in [0.15, 0.2) is 5.22 Å². The van der Waals surface area contributed by atoms with Gasteiger partial charge in [-0.3, -0.25) is 4.98 Å². The van der Waals surface area contributed by atoms with Gasteiger partial charge in [0.05, 0.1) is 6.10 Å². The summed E-state index contributed by atoms with van der Waals surface area (Å²) in [5.74, 6) is 0.472. The fourth-order valence-corrected chi connectivity index (χ4v) is 4.81. The number of rotatable bonds is 4. The van der Waals surface area contributed by atoms with E-state index < -0.39 is 6.10 Å². The molecule has 3 heterocycles. The lowest BCUT2D eigenvalue weighted by Crippen LogP contribution is -2.18. The normalized spacial score (nSPS) is 20.8. The molecular weight excluding hydrogens is 389 g/mol. The predicted octanol–water partition coefficient (Wildman–Crippen LogP) is 6.16. The first-order valence-corrected chi connectivity index (χ1v) is 9.78. The molecule has 6 heteroatoms. The highest BCUT2D eigenvalue weighted by Gasteiger charge is 2.39. The van der Waals surface area contributed by atoms with Crippen molar-refractivity contribution in [2.45, 2.75) is 11.4 Å². The minimum absolute atomic E-state index is 0.0290. The minimum atomic E-state index is -0.727. The number of hydrogen-bond donors (Lipinski definition) is 1. The third kappa shape index (κ3) is 3.42. The van der Waals surface area contributed by atoms with Crippen molar-refractivity contribution in [3.63, 3.8) is 0 Å². The van der Waals surface area contributed by atoms with Crippen molar-refractivity contribution in [1.82, 2.24) is 4.98 Å². The molecule has 4 rings (SSSR count). The summed E-state index contributed by atoms with van der Waals surface area (Å²) in [4.78, 5) is 4.14. The lowest BCUT2D eigenvalue weighted by atomic mass is 9.84. The molecule has 0 bridgehead atoms. The monoisotopic (exact) mass is 403 g/mol. The van der Waals surface area contributed by atoms with Crippen LogP contribution in [-0.4, -0.2) is 10.1 Å². The van der Waals surface area contributed by atoms with Crippen LogP contribution < -0.4 is 0 Å². The molecule has 1 N–H and O–H groups in total. The van der Waals surface area contributed by atoms with Crippen molar-refractivity contribution in [3.05, 3.63) is 93.5 Å². The van der Waals surface area contributed by atoms with E-state index in [-0.39, 0.29) is 11.2 Å². The van der Waals surface area contributed by atoms with E-state index in [0.717, 1.165) is 16.7 Å². The highest BCUT2D eigenvalue weighted by atomic mass is 35.5. The zero-order valence-corrected chi connectivity index (χ0v) is 15.9. The smallest absolute Gasteiger partial charge is 0.193 e. The maximum absolute atomic E-state index is 11.2. The molecule has 0 radical (unpaired) electrons. The number of nitrogens with zero attached hydrogens (tertiary/aromatic N) is 1. The van der Waals surface area contributed by atoms with Gasteiger partial charge in [-0.15, -0.1) is 11.8 Å². The fourth-order valence-electron chi connectivity index (χ4n) is 3.20. The van der Waals surface area contributed by atoms with E-state index in [0.29, 0.717) is 16.0 Å². The maximum Gasteiger partial charge on any atom is 0.193 e. The average molecular weight is 404 g/mol. The number of aromatic nitrogens is 1. The second-order valence-corrected chi connectivity index (χ2v) is 7.87. The summed E-state index contributed by atoms with van der Waals surface area (Å²) >= 11 is 13.7. The Morgan fingerprint density at radius 1 is 1.08 bits per heavy atom. The number of halogens is 2. The summed E-state index contributed by atoms with van der Waals surface area (Å²) in [6, 6.07) is 15.0. The van der Waals surface area contributed by atoms with Gasteiger partial charge in [0, 0.05) is 34.2 Å². The van der Waals surface area contributed by atoms with Crippen LogP contribution in [0.25, 0.3) is 5.57 Å². The Labute approximate surface area is 165 Å². The van der Waals surface area contributed by atoms with E-state index in [1.807, 2.05) is 47.9 Å². The summed E-state index contributed by atoms with van der Waals surface area (Å²) in [5, 5.41) is 14.2. The Kier molecular flexibility index (Phi) is 5.09. The zero-order chi connectivity index (χ0) is 18.1. The number of aliphatic hydroxyl groups excluding tert-OH is 1. The van der Waals surface area contributed by atoms with Gasteiger partial charge in [-0.05, 0) is 58.5 Å². The van der Waals surface area contributed by atoms with E-state index in [1.165, 1.54) is 0 Å². The van der Waals surface area contributed by atoms with Crippen LogP contribution in [-0.2, 0) is 0 Å². The SMILES string of the molecule is OC(c1cccnc1)C1C(c2ccc(Cl)o2)=CS[C@H]1c1ccc(Cl)cc1. The van der Waals surface area contributed by atoms with E-state index in [4.69, 9.17) is 27.6 Å². The Balaban J connectivity index is 1.74. The molecule has 0 amide bonds. The van der Waals surface area contributed by atoms with Gasteiger partial charge >= 0.3 is 0 Å². The van der Waals surface area contributed by atoms with Gasteiger partial charge in [0.1, 0.15) is 5.76 Å². The van der Waals surface area contributed by atoms with Crippen molar-refractivity contribution in [1.29, 1.82) is 0 Å². The standard InChI is InChI=1S/C20H15Cl2NO2S/c21-14-5-3-12(4-6-14)20-18(19(24)13-2-1-9-23-10-13)15(11-26-20)16-7-8-17(22)25-16/h1-11,18-20,24H/t18?,19?,20-/m0/s1. The number of pyridine rings is 1. The lowest BCUT2D eigenvalue weighted by Gasteiger charge is -2.27. The maximum atomic E-state index is 11.2. The summed E-state index contributed by atoms with van der Waals surface area (Å²) in [7, 11) is 0. The number of aliphatic hydroxyl groups is 1. The summed E-state index contributed by atoms with van der Waals surface area (Å²) in [6.07, 6.45) is 2.66. The molecular formula is C20H15Cl2NO2S. The third-order valence-corrected chi connectivity index (χ3v) is 6.15. The second kappa shape index (κ2) is 7.49. The largest absolute Gasteiger partial charge is 0.445 e. The van der Waals surface area contributed by atoms with Gasteiger partial charge < -0.3 is 9.52 Å². The molecule has 3 aromatic rings. The average Bonchev–Trinajstić information content (AvgIpc) is 3.28. The molecule has 26 heavy (non-hydrogen) atoms. The Hall–Kier alpha value is -1.72. The van der Waals surface area contributed by atoms with Crippen LogP contribution in [0, 0.1) is 5.92 Å². The van der Waals surface area contributed by atoms with Crippen molar-refractivity contribution < 1.29 is 9.52 Å². The Morgan fingerprint density at radius 3 is 2.54 bits per heavy atom. The number of thioether (sulfide) groups is 1. The minimum Gasteiger partial charge on any atom is -0.445 e. The second-order valence-electron chi connectivity index (χ2n) is 6.04. The molecule has 0 saturated carbocycles. The zero-order valence-electron chi connectivity index (χ0n) is 13.5. The quantitative estimate of drug-likeness (QED) is 0.566.